The molecule has 96 valence electrons. The van der Waals surface area contributed by atoms with Crippen LogP contribution in [0.4, 0.5) is 0 Å². The van der Waals surface area contributed by atoms with Crippen LogP contribution in [0.5, 0.6) is 0 Å². The third-order valence-electron chi connectivity index (χ3n) is 2.01. The van der Waals surface area contributed by atoms with Crippen LogP contribution in [0.3, 0.4) is 0 Å². The second-order valence-corrected chi connectivity index (χ2v) is 4.83. The normalized spacial score (nSPS) is 9.59. The van der Waals surface area contributed by atoms with E-state index in [1.54, 1.807) is 12.1 Å². The first kappa shape index (κ1) is 17.0. The van der Waals surface area contributed by atoms with Gasteiger partial charge >= 0.3 is 0 Å². The fraction of sp³-hybridized carbons (Fsp3) is 0.364. The molecule has 0 aliphatic rings. The lowest BCUT2D eigenvalue weighted by Crippen LogP contribution is -2.32. The molecule has 0 bridgehead atoms. The molecule has 1 aromatic carbocycles. The third-order valence-corrected chi connectivity index (χ3v) is 3.19. The van der Waals surface area contributed by atoms with E-state index in [-0.39, 0.29) is 18.3 Å². The van der Waals surface area contributed by atoms with Crippen LogP contribution in [0.1, 0.15) is 17.3 Å². The zero-order chi connectivity index (χ0) is 12.0. The van der Waals surface area contributed by atoms with Gasteiger partial charge in [0.25, 0.3) is 5.91 Å². The molecule has 3 nitrogen and oxygen atoms in total. The number of likely N-dealkylation sites (N-methyl/N-ethyl adjacent to an activating group) is 1. The molecule has 0 fully saturated rings. The van der Waals surface area contributed by atoms with Gasteiger partial charge in [0.05, 0.1) is 5.56 Å². The van der Waals surface area contributed by atoms with Gasteiger partial charge in [-0.2, -0.15) is 0 Å². The van der Waals surface area contributed by atoms with E-state index in [0.717, 1.165) is 16.7 Å². The van der Waals surface area contributed by atoms with Crippen molar-refractivity contribution in [1.29, 1.82) is 0 Å². The summed E-state index contributed by atoms with van der Waals surface area (Å²) in [6.45, 7) is 4.33. The summed E-state index contributed by atoms with van der Waals surface area (Å²) in [5, 5.41) is 6.56. The average molecular weight is 389 g/mol. The topological polar surface area (TPSA) is 41.1 Å². The number of amides is 1. The van der Waals surface area contributed by atoms with Crippen molar-refractivity contribution < 1.29 is 4.79 Å². The Morgan fingerprint density at radius 3 is 2.76 bits per heavy atom. The number of carbonyl (C=O) groups excluding carboxylic acids is 1. The number of benzene rings is 1. The van der Waals surface area contributed by atoms with Gasteiger partial charge in [0.2, 0.25) is 0 Å². The molecule has 2 N–H and O–H groups in total. The van der Waals surface area contributed by atoms with Gasteiger partial charge in [0.15, 0.2) is 0 Å². The summed E-state index contributed by atoms with van der Waals surface area (Å²) in [7, 11) is 0. The van der Waals surface area contributed by atoms with Gasteiger partial charge in [-0.1, -0.05) is 18.5 Å². The Kier molecular flexibility index (Phi) is 8.94. The van der Waals surface area contributed by atoms with Crippen LogP contribution in [0, 0.1) is 3.57 Å². The number of rotatable bonds is 5. The number of hydrogen-bond donors (Lipinski definition) is 2. The molecule has 1 amide bonds. The fourth-order valence-electron chi connectivity index (χ4n) is 1.21. The first-order valence-electron chi connectivity index (χ1n) is 5.09. The summed E-state index contributed by atoms with van der Waals surface area (Å²) in [6.07, 6.45) is 0. The Bertz CT molecular complexity index is 374. The summed E-state index contributed by atoms with van der Waals surface area (Å²) < 4.78 is 0.906. The summed E-state index contributed by atoms with van der Waals surface area (Å²) in [5.74, 6) is -0.0789. The van der Waals surface area contributed by atoms with Gasteiger partial charge < -0.3 is 10.6 Å². The largest absolute Gasteiger partial charge is 0.351 e. The number of nitrogens with one attached hydrogen (secondary N) is 2. The van der Waals surface area contributed by atoms with E-state index in [9.17, 15) is 4.79 Å². The zero-order valence-corrected chi connectivity index (χ0v) is 13.2. The van der Waals surface area contributed by atoms with Crippen LogP contribution in [0.15, 0.2) is 18.2 Å². The molecule has 0 aliphatic carbocycles. The summed E-state index contributed by atoms with van der Waals surface area (Å²) in [4.78, 5) is 11.8. The third kappa shape index (κ3) is 5.90. The van der Waals surface area contributed by atoms with Crippen molar-refractivity contribution in [3.8, 4) is 0 Å². The summed E-state index contributed by atoms with van der Waals surface area (Å²) in [5.41, 5.74) is 0.629. The average Bonchev–Trinajstić information content (AvgIpc) is 2.27. The molecular weight excluding hydrogens is 374 g/mol. The maximum absolute atomic E-state index is 11.8. The Hall–Kier alpha value is -0.0400. The number of carbonyl (C=O) groups is 1. The minimum Gasteiger partial charge on any atom is -0.351 e. The summed E-state index contributed by atoms with van der Waals surface area (Å²) >= 11 is 7.97. The molecule has 1 aromatic rings. The maximum Gasteiger partial charge on any atom is 0.252 e. The van der Waals surface area contributed by atoms with Crippen molar-refractivity contribution in [2.75, 3.05) is 19.6 Å². The first-order valence-corrected chi connectivity index (χ1v) is 6.54. The van der Waals surface area contributed by atoms with Gasteiger partial charge in [-0.05, 0) is 47.3 Å². The molecule has 17 heavy (non-hydrogen) atoms. The minimum atomic E-state index is -0.0789. The van der Waals surface area contributed by atoms with Crippen LogP contribution in [-0.4, -0.2) is 25.5 Å². The van der Waals surface area contributed by atoms with Crippen molar-refractivity contribution in [1.82, 2.24) is 10.6 Å². The van der Waals surface area contributed by atoms with E-state index in [0.29, 0.717) is 17.1 Å². The Morgan fingerprint density at radius 2 is 2.12 bits per heavy atom. The molecule has 1 rings (SSSR count). The minimum absolute atomic E-state index is 0. The van der Waals surface area contributed by atoms with Crippen LogP contribution in [-0.2, 0) is 0 Å². The van der Waals surface area contributed by atoms with Gasteiger partial charge in [0, 0.05) is 21.7 Å². The van der Waals surface area contributed by atoms with Crippen molar-refractivity contribution in [3.05, 3.63) is 32.4 Å². The highest BCUT2D eigenvalue weighted by Crippen LogP contribution is 2.17. The van der Waals surface area contributed by atoms with Crippen molar-refractivity contribution >= 4 is 52.5 Å². The highest BCUT2D eigenvalue weighted by molar-refractivity contribution is 14.1. The first-order chi connectivity index (χ1) is 7.65. The van der Waals surface area contributed by atoms with Crippen LogP contribution < -0.4 is 10.6 Å². The summed E-state index contributed by atoms with van der Waals surface area (Å²) in [6, 6.07) is 5.30. The lowest BCUT2D eigenvalue weighted by molar-refractivity contribution is 0.0953. The van der Waals surface area contributed by atoms with Crippen molar-refractivity contribution in [2.45, 2.75) is 6.92 Å². The molecule has 0 saturated heterocycles. The molecule has 0 unspecified atom stereocenters. The molecule has 0 radical (unpaired) electrons. The monoisotopic (exact) mass is 388 g/mol. The van der Waals surface area contributed by atoms with Gasteiger partial charge in [-0.3, -0.25) is 4.79 Å². The highest BCUT2D eigenvalue weighted by Gasteiger charge is 2.09. The second kappa shape index (κ2) is 8.97. The molecule has 0 aliphatic heterocycles. The number of hydrogen-bond acceptors (Lipinski definition) is 2. The predicted molar refractivity (Wildman–Crippen MR) is 82.3 cm³/mol. The van der Waals surface area contributed by atoms with Gasteiger partial charge in [-0.25, -0.2) is 0 Å². The highest BCUT2D eigenvalue weighted by atomic mass is 127. The molecule has 0 heterocycles. The number of halogens is 3. The second-order valence-electron chi connectivity index (χ2n) is 3.23. The Balaban J connectivity index is 0.00000256. The molecule has 0 aromatic heterocycles. The lowest BCUT2D eigenvalue weighted by Gasteiger charge is -2.07. The molecule has 0 atom stereocenters. The van der Waals surface area contributed by atoms with Crippen molar-refractivity contribution in [3.63, 3.8) is 0 Å². The zero-order valence-electron chi connectivity index (χ0n) is 9.43. The molecule has 0 spiro atoms. The Morgan fingerprint density at radius 1 is 1.41 bits per heavy atom. The van der Waals surface area contributed by atoms with Crippen LogP contribution in [0.25, 0.3) is 0 Å². The molecule has 6 heteroatoms. The van der Waals surface area contributed by atoms with E-state index in [1.165, 1.54) is 0 Å². The van der Waals surface area contributed by atoms with E-state index >= 15 is 0 Å². The quantitative estimate of drug-likeness (QED) is 0.601. The lowest BCUT2D eigenvalue weighted by atomic mass is 10.2. The van der Waals surface area contributed by atoms with E-state index < -0.39 is 0 Å². The van der Waals surface area contributed by atoms with Crippen LogP contribution in [0.2, 0.25) is 5.02 Å². The van der Waals surface area contributed by atoms with Gasteiger partial charge in [-0.15, -0.1) is 12.4 Å². The fourth-order valence-corrected chi connectivity index (χ4v) is 1.96. The standard InChI is InChI=1S/C11H14ClIN2O.ClH/c1-2-14-5-6-15-11(16)9-7-8(12)3-4-10(9)13;/h3-4,7,14H,2,5-6H2,1H3,(H,15,16);1H. The van der Waals surface area contributed by atoms with E-state index in [1.807, 2.05) is 13.0 Å². The predicted octanol–water partition coefficient (Wildman–Crippen LogP) is 2.71. The van der Waals surface area contributed by atoms with E-state index in [2.05, 4.69) is 33.2 Å². The molecular formula is C11H15Cl2IN2O. The van der Waals surface area contributed by atoms with Crippen molar-refractivity contribution in [2.24, 2.45) is 0 Å². The van der Waals surface area contributed by atoms with Crippen LogP contribution >= 0.6 is 46.6 Å². The van der Waals surface area contributed by atoms with E-state index in [4.69, 9.17) is 11.6 Å². The maximum atomic E-state index is 11.8. The molecule has 0 saturated carbocycles. The Labute approximate surface area is 126 Å². The SMILES string of the molecule is CCNCCNC(=O)c1cc(Cl)ccc1I.Cl. The van der Waals surface area contributed by atoms with Gasteiger partial charge in [0.1, 0.15) is 0 Å². The smallest absolute Gasteiger partial charge is 0.252 e.